The lowest BCUT2D eigenvalue weighted by Crippen LogP contribution is -2.50. The van der Waals surface area contributed by atoms with Gasteiger partial charge in [-0.3, -0.25) is 29.6 Å². The molecule has 8 aromatic heterocycles. The number of nitrogen functional groups attached to an aromatic ring is 1. The summed E-state index contributed by atoms with van der Waals surface area (Å²) in [5.41, 5.74) is 14.7. The number of nitrogens with one attached hydrogen (secondary N) is 1. The summed E-state index contributed by atoms with van der Waals surface area (Å²) in [6.07, 6.45) is 8.68. The van der Waals surface area contributed by atoms with Crippen molar-refractivity contribution in [3.05, 3.63) is 98.4 Å². The fraction of sp³-hybridized carbons (Fsp3) is 0.471. The maximum Gasteiger partial charge on any atom is 0.251 e. The molecule has 7 aliphatic rings. The first-order chi connectivity index (χ1) is 50.8. The van der Waals surface area contributed by atoms with Gasteiger partial charge < -0.3 is 44.7 Å². The van der Waals surface area contributed by atoms with E-state index in [1.165, 1.54) is 39.6 Å². The van der Waals surface area contributed by atoms with Crippen LogP contribution in [0.25, 0.3) is 75.7 Å². The number of benzene rings is 2. The Kier molecular flexibility index (Phi) is 21.7. The number of carbonyl (C=O) groups excluding carboxylic acids is 1. The van der Waals surface area contributed by atoms with Crippen LogP contribution in [-0.4, -0.2) is 288 Å². The quantitative estimate of drug-likeness (QED) is 0.118. The Labute approximate surface area is 620 Å². The number of piperazine rings is 3. The summed E-state index contributed by atoms with van der Waals surface area (Å²) in [7, 11) is -6.27. The highest BCUT2D eigenvalue weighted by atomic mass is 32.2. The van der Waals surface area contributed by atoms with E-state index >= 15 is 0 Å². The lowest BCUT2D eigenvalue weighted by Gasteiger charge is -2.35. The van der Waals surface area contributed by atoms with Crippen molar-refractivity contribution in [2.75, 3.05) is 190 Å². The number of amides is 1. The number of nitrogens with two attached hydrogens (primary N) is 1. The summed E-state index contributed by atoms with van der Waals surface area (Å²) in [6.45, 7) is 23.3. The molecule has 105 heavy (non-hydrogen) atoms. The molecule has 15 heterocycles. The molecule has 2 aromatic carbocycles. The van der Waals surface area contributed by atoms with Crippen LogP contribution in [0.1, 0.15) is 38.2 Å². The minimum absolute atomic E-state index is 0.202. The normalized spacial score (nSPS) is 18.8. The number of aliphatic hydroxyl groups is 1. The third-order valence-corrected chi connectivity index (χ3v) is 25.9. The van der Waals surface area contributed by atoms with E-state index in [0.717, 1.165) is 191 Å². The molecule has 0 bridgehead atoms. The van der Waals surface area contributed by atoms with Crippen molar-refractivity contribution >= 4 is 131 Å². The first-order valence-corrected chi connectivity index (χ1v) is 41.5. The number of hydrogen-bond donors (Lipinski definition) is 3. The van der Waals surface area contributed by atoms with Gasteiger partial charge in [0.1, 0.15) is 16.8 Å². The zero-order chi connectivity index (χ0) is 72.5. The second-order valence-corrected chi connectivity index (χ2v) is 34.4. The van der Waals surface area contributed by atoms with Crippen LogP contribution in [0.3, 0.4) is 0 Å². The highest BCUT2D eigenvalue weighted by Gasteiger charge is 2.31. The number of anilines is 4. The third-order valence-electron chi connectivity index (χ3n) is 19.9. The number of morpholine rings is 3. The van der Waals surface area contributed by atoms with Crippen LogP contribution in [0.15, 0.2) is 72.1 Å². The monoisotopic (exact) mass is 1520 g/mol. The van der Waals surface area contributed by atoms with Gasteiger partial charge in [-0.2, -0.15) is 13.7 Å². The number of carbonyl (C=O) groups is 1. The minimum Gasteiger partial charge on any atom is -0.384 e. The fourth-order valence-electron chi connectivity index (χ4n) is 14.1. The molecule has 17 rings (SSSR count). The number of ether oxygens (including phenoxy) is 3. The van der Waals surface area contributed by atoms with Gasteiger partial charge in [-0.25, -0.2) is 56.7 Å². The number of nitrogens with zero attached hydrogens (tertiary/aromatic N) is 19. The highest BCUT2D eigenvalue weighted by molar-refractivity contribution is 7.88. The van der Waals surface area contributed by atoms with Crippen molar-refractivity contribution in [1.82, 2.24) is 78.3 Å². The zero-order valence-corrected chi connectivity index (χ0v) is 63.2. The number of hydrogen-bond acceptors (Lipinski definition) is 29. The Morgan fingerprint density at radius 1 is 0.590 bits per heavy atom. The molecule has 0 radical (unpaired) electrons. The van der Waals surface area contributed by atoms with Gasteiger partial charge in [0.05, 0.1) is 102 Å². The second-order valence-electron chi connectivity index (χ2n) is 27.1. The molecule has 4 N–H and O–H groups in total. The molecule has 1 amide bonds. The molecule has 6 fully saturated rings. The minimum atomic E-state index is -3.13. The number of aryl methyl sites for hydroxylation is 1. The number of aliphatic imine (C=N–C) groups is 1. The Bertz CT molecular complexity index is 5050. The van der Waals surface area contributed by atoms with Crippen LogP contribution >= 0.6 is 34.0 Å². The van der Waals surface area contributed by atoms with Crippen molar-refractivity contribution in [3.8, 4) is 34.2 Å². The maximum absolute atomic E-state index is 12.1. The predicted molar refractivity (Wildman–Crippen MR) is 410 cm³/mol. The van der Waals surface area contributed by atoms with E-state index in [4.69, 9.17) is 49.8 Å². The summed E-state index contributed by atoms with van der Waals surface area (Å²) in [4.78, 5) is 75.0. The van der Waals surface area contributed by atoms with Gasteiger partial charge in [0.25, 0.3) is 5.91 Å². The molecule has 1 atom stereocenters. The number of sulfonamides is 2. The molecule has 7 aliphatic heterocycles. The van der Waals surface area contributed by atoms with Gasteiger partial charge >= 0.3 is 0 Å². The number of rotatable bonds is 15. The Balaban J connectivity index is 0.000000126. The van der Waals surface area contributed by atoms with Crippen LogP contribution < -0.4 is 20.4 Å². The molecule has 35 heteroatoms. The lowest BCUT2D eigenvalue weighted by molar-refractivity contribution is -0.141. The van der Waals surface area contributed by atoms with Gasteiger partial charge in [0, 0.05) is 193 Å². The topological polar surface area (TPSA) is 333 Å². The lowest BCUT2D eigenvalue weighted by atomic mass is 10.0. The van der Waals surface area contributed by atoms with Crippen LogP contribution in [0.2, 0.25) is 0 Å². The number of H-pyrrole nitrogens is 1. The summed E-state index contributed by atoms with van der Waals surface area (Å²) in [5, 5.41) is 18.9. The molecule has 10 aromatic rings. The van der Waals surface area contributed by atoms with E-state index in [0.29, 0.717) is 97.1 Å². The van der Waals surface area contributed by atoms with E-state index in [2.05, 4.69) is 91.8 Å². The summed E-state index contributed by atoms with van der Waals surface area (Å²) < 4.78 is 69.4. The number of aromatic nitrogens is 10. The van der Waals surface area contributed by atoms with Crippen LogP contribution in [0.5, 0.6) is 0 Å². The van der Waals surface area contributed by atoms with Gasteiger partial charge in [-0.15, -0.1) is 34.0 Å². The maximum atomic E-state index is 12.1. The molecule has 30 nitrogen and oxygen atoms in total. The van der Waals surface area contributed by atoms with E-state index in [1.54, 1.807) is 59.9 Å². The van der Waals surface area contributed by atoms with Gasteiger partial charge in [0.2, 0.25) is 26.0 Å². The predicted octanol–water partition coefficient (Wildman–Crippen LogP) is 5.25. The Morgan fingerprint density at radius 3 is 1.75 bits per heavy atom. The first kappa shape index (κ1) is 72.5. The SMILES string of the molecule is CS(=O)(=O)N1CCN(Cc2cc3c(N4CCOCC4)nc(-c4cccc5c4C=NC5)nc3s2)CC1.CS(=O)(=O)N1CCN(Cc2cc3nc(-c4cccc5[nH]ncc45)nc(N4CCOCC4)c3s2)CC1.Cc1c(CN2CCN(C(=O)[C@H](C)O)CC2)sc2c(N3CCOCC3)nc(-c3cnc(N)nc3)nc12. The number of thiophene rings is 3. The average Bonchev–Trinajstić information content (AvgIpc) is 1.67. The van der Waals surface area contributed by atoms with Crippen molar-refractivity contribution in [1.29, 1.82) is 0 Å². The van der Waals surface area contributed by atoms with Crippen molar-refractivity contribution in [2.24, 2.45) is 4.99 Å². The average molecular weight is 1520 g/mol. The van der Waals surface area contributed by atoms with Gasteiger partial charge in [0.15, 0.2) is 29.1 Å². The summed E-state index contributed by atoms with van der Waals surface area (Å²) in [5.74, 6) is 4.85. The van der Waals surface area contributed by atoms with Crippen LogP contribution in [-0.2, 0) is 65.2 Å². The molecule has 0 saturated carbocycles. The van der Waals surface area contributed by atoms with E-state index in [1.807, 2.05) is 30.6 Å². The molecular weight excluding hydrogens is 1440 g/mol. The Morgan fingerprint density at radius 2 is 1.13 bits per heavy atom. The molecular formula is C70H85N21O9S5. The van der Waals surface area contributed by atoms with Gasteiger partial charge in [-0.05, 0) is 43.2 Å². The number of aromatic amines is 1. The largest absolute Gasteiger partial charge is 0.384 e. The van der Waals surface area contributed by atoms with E-state index in [9.17, 15) is 26.7 Å². The fourth-order valence-corrected chi connectivity index (χ4v) is 19.3. The van der Waals surface area contributed by atoms with Gasteiger partial charge in [-0.1, -0.05) is 30.3 Å². The van der Waals surface area contributed by atoms with Crippen molar-refractivity contribution < 1.29 is 40.9 Å². The van der Waals surface area contributed by atoms with E-state index in [-0.39, 0.29) is 11.9 Å². The smallest absolute Gasteiger partial charge is 0.251 e. The highest BCUT2D eigenvalue weighted by Crippen LogP contribution is 2.41. The number of fused-ring (bicyclic) bond motifs is 5. The van der Waals surface area contributed by atoms with Crippen LogP contribution in [0.4, 0.5) is 23.4 Å². The molecule has 6 saturated heterocycles. The molecule has 0 unspecified atom stereocenters. The first-order valence-electron chi connectivity index (χ1n) is 35.4. The van der Waals surface area contributed by atoms with E-state index < -0.39 is 26.2 Å². The molecule has 554 valence electrons. The second kappa shape index (κ2) is 31.4. The van der Waals surface area contributed by atoms with Crippen molar-refractivity contribution in [2.45, 2.75) is 46.1 Å². The van der Waals surface area contributed by atoms with Crippen molar-refractivity contribution in [3.63, 3.8) is 0 Å². The standard InChI is InChI=1S/C24H28N6O3S2.C23H30N8O3S.C23H27N7O3S2/c1-35(31,32)30-7-5-28(6-8-30)16-18-13-20-23(29-9-11-33-12-10-29)26-22(27-24(20)34-18)19-4-2-3-17-14-25-15-21(17)19;1-14-17(13-29-3-5-31(6-4-29)22(33)15(2)32)35-19-18(14)27-20(16-11-25-23(24)26-12-16)28-21(19)30-7-9-34-10-8-30;1-35(31,32)30-7-5-28(6-8-30)15-16-13-20-21(34-16)23(29-9-11-33-12-10-29)26-22(25-20)17-3-2-4-19-18(17)14-24-27-19/h2-4,13,15H,5-12,14,16H2,1H3;11-12,15,32H,3-10,13H2,1-2H3,(H2,24,25,26);2-4,13-14H,5-12,15H2,1H3,(H,24,27)/t;15-;/m.0./s1. The summed E-state index contributed by atoms with van der Waals surface area (Å²) in [6, 6.07) is 16.7. The Hall–Kier alpha value is -8.01. The third kappa shape index (κ3) is 16.3. The zero-order valence-electron chi connectivity index (χ0n) is 59.1. The summed E-state index contributed by atoms with van der Waals surface area (Å²) >= 11 is 5.16. The van der Waals surface area contributed by atoms with Crippen LogP contribution in [0, 0.1) is 6.92 Å². The number of aliphatic hydroxyl groups excluding tert-OH is 1. The molecule has 0 spiro atoms. The molecule has 0 aliphatic carbocycles.